The van der Waals surface area contributed by atoms with Crippen LogP contribution in [0.25, 0.3) is 0 Å². The summed E-state index contributed by atoms with van der Waals surface area (Å²) in [6.07, 6.45) is 0.840. The molecule has 0 spiro atoms. The van der Waals surface area contributed by atoms with Crippen LogP contribution in [0.4, 0.5) is 4.39 Å². The van der Waals surface area contributed by atoms with Gasteiger partial charge in [-0.05, 0) is 17.7 Å². The number of halogens is 2. The lowest BCUT2D eigenvalue weighted by molar-refractivity contribution is -0.167. The molecule has 0 heterocycles. The van der Waals surface area contributed by atoms with Crippen molar-refractivity contribution in [3.05, 3.63) is 34.9 Å². The Hall–Kier alpha value is -0.930. The van der Waals surface area contributed by atoms with Crippen LogP contribution in [0.5, 0.6) is 0 Å². The van der Waals surface area contributed by atoms with Crippen molar-refractivity contribution in [3.8, 4) is 0 Å². The van der Waals surface area contributed by atoms with E-state index in [4.69, 9.17) is 16.3 Å². The van der Waals surface area contributed by atoms with E-state index in [1.807, 2.05) is 0 Å². The number of aldehydes is 1. The van der Waals surface area contributed by atoms with E-state index in [1.165, 1.54) is 0 Å². The lowest BCUT2D eigenvalue weighted by Crippen LogP contribution is -2.28. The van der Waals surface area contributed by atoms with Crippen LogP contribution in [-0.4, -0.2) is 12.1 Å². The van der Waals surface area contributed by atoms with Gasteiger partial charge in [0.05, 0.1) is 6.61 Å². The summed E-state index contributed by atoms with van der Waals surface area (Å²) in [4.78, 5) is 10.6. The molecule has 0 aliphatic rings. The van der Waals surface area contributed by atoms with E-state index in [1.54, 1.807) is 31.2 Å². The molecular formula is C12H14ClFO2. The Kier molecular flexibility index (Phi) is 4.90. The second-order valence-corrected chi connectivity index (χ2v) is 4.01. The maximum atomic E-state index is 13.7. The van der Waals surface area contributed by atoms with Crippen molar-refractivity contribution in [2.24, 2.45) is 0 Å². The SMILES string of the molecule is CCCC(F)(C=O)OCc1ccc(Cl)cc1. The van der Waals surface area contributed by atoms with E-state index >= 15 is 0 Å². The van der Waals surface area contributed by atoms with Gasteiger partial charge in [-0.2, -0.15) is 0 Å². The van der Waals surface area contributed by atoms with Gasteiger partial charge in [-0.1, -0.05) is 37.1 Å². The van der Waals surface area contributed by atoms with Gasteiger partial charge in [0.1, 0.15) is 0 Å². The topological polar surface area (TPSA) is 26.3 Å². The van der Waals surface area contributed by atoms with Crippen molar-refractivity contribution in [1.82, 2.24) is 0 Å². The molecule has 1 rings (SSSR count). The van der Waals surface area contributed by atoms with E-state index < -0.39 is 5.85 Å². The van der Waals surface area contributed by atoms with Gasteiger partial charge in [0.25, 0.3) is 5.85 Å². The predicted molar refractivity (Wildman–Crippen MR) is 61.1 cm³/mol. The van der Waals surface area contributed by atoms with Gasteiger partial charge in [0, 0.05) is 11.4 Å². The smallest absolute Gasteiger partial charge is 0.265 e. The number of alkyl halides is 1. The number of benzene rings is 1. The molecule has 0 aromatic heterocycles. The maximum absolute atomic E-state index is 13.7. The van der Waals surface area contributed by atoms with E-state index in [-0.39, 0.29) is 19.3 Å². The van der Waals surface area contributed by atoms with E-state index in [0.717, 1.165) is 5.56 Å². The van der Waals surface area contributed by atoms with Gasteiger partial charge in [-0.25, -0.2) is 4.39 Å². The van der Waals surface area contributed by atoms with Gasteiger partial charge in [0.15, 0.2) is 6.29 Å². The van der Waals surface area contributed by atoms with Crippen molar-refractivity contribution in [2.45, 2.75) is 32.2 Å². The Morgan fingerprint density at radius 3 is 2.56 bits per heavy atom. The summed E-state index contributed by atoms with van der Waals surface area (Å²) in [6, 6.07) is 6.86. The second kappa shape index (κ2) is 5.97. The molecule has 1 aromatic rings. The summed E-state index contributed by atoms with van der Waals surface area (Å²) in [6.45, 7) is 1.86. The van der Waals surface area contributed by atoms with E-state index in [2.05, 4.69) is 0 Å². The fourth-order valence-corrected chi connectivity index (χ4v) is 1.42. The number of carbonyl (C=O) groups excluding carboxylic acids is 1. The van der Waals surface area contributed by atoms with Crippen molar-refractivity contribution < 1.29 is 13.9 Å². The van der Waals surface area contributed by atoms with Crippen LogP contribution in [-0.2, 0) is 16.1 Å². The van der Waals surface area contributed by atoms with Gasteiger partial charge >= 0.3 is 0 Å². The van der Waals surface area contributed by atoms with Crippen LogP contribution in [0.1, 0.15) is 25.3 Å². The molecule has 1 aromatic carbocycles. The highest BCUT2D eigenvalue weighted by Gasteiger charge is 2.28. The first-order valence-electron chi connectivity index (χ1n) is 5.13. The lowest BCUT2D eigenvalue weighted by Gasteiger charge is -2.18. The first kappa shape index (κ1) is 13.1. The van der Waals surface area contributed by atoms with Gasteiger partial charge in [-0.15, -0.1) is 0 Å². The van der Waals surface area contributed by atoms with Crippen LogP contribution in [0.3, 0.4) is 0 Å². The Bertz CT molecular complexity index is 339. The number of ether oxygens (including phenoxy) is 1. The Balaban J connectivity index is 2.55. The molecule has 0 N–H and O–H groups in total. The predicted octanol–water partition coefficient (Wildman–Crippen LogP) is 3.52. The highest BCUT2D eigenvalue weighted by molar-refractivity contribution is 6.30. The summed E-state index contributed by atoms with van der Waals surface area (Å²) >= 11 is 5.71. The third-order valence-electron chi connectivity index (χ3n) is 2.16. The first-order chi connectivity index (χ1) is 7.59. The van der Waals surface area contributed by atoms with Crippen molar-refractivity contribution >= 4 is 17.9 Å². The zero-order chi connectivity index (χ0) is 12.0. The molecule has 0 aliphatic carbocycles. The molecule has 88 valence electrons. The molecule has 0 aliphatic heterocycles. The molecule has 4 heteroatoms. The van der Waals surface area contributed by atoms with Gasteiger partial charge in [-0.3, -0.25) is 4.79 Å². The number of rotatable bonds is 6. The van der Waals surface area contributed by atoms with Gasteiger partial charge < -0.3 is 4.74 Å². The summed E-state index contributed by atoms with van der Waals surface area (Å²) in [5, 5.41) is 0.610. The Morgan fingerprint density at radius 1 is 1.44 bits per heavy atom. The first-order valence-corrected chi connectivity index (χ1v) is 5.51. The van der Waals surface area contributed by atoms with Crippen molar-refractivity contribution in [3.63, 3.8) is 0 Å². The summed E-state index contributed by atoms with van der Waals surface area (Å²) in [7, 11) is 0. The highest BCUT2D eigenvalue weighted by Crippen LogP contribution is 2.20. The fourth-order valence-electron chi connectivity index (χ4n) is 1.29. The minimum absolute atomic E-state index is 0.0619. The summed E-state index contributed by atoms with van der Waals surface area (Å²) in [5.41, 5.74) is 0.782. The number of carbonyl (C=O) groups is 1. The zero-order valence-corrected chi connectivity index (χ0v) is 9.84. The molecular weight excluding hydrogens is 231 g/mol. The molecule has 2 nitrogen and oxygen atoms in total. The lowest BCUT2D eigenvalue weighted by atomic mass is 10.2. The highest BCUT2D eigenvalue weighted by atomic mass is 35.5. The summed E-state index contributed by atoms with van der Waals surface area (Å²) < 4.78 is 18.6. The third-order valence-corrected chi connectivity index (χ3v) is 2.41. The molecule has 0 fully saturated rings. The van der Waals surface area contributed by atoms with Crippen molar-refractivity contribution in [1.29, 1.82) is 0 Å². The monoisotopic (exact) mass is 244 g/mol. The van der Waals surface area contributed by atoms with Crippen molar-refractivity contribution in [2.75, 3.05) is 0 Å². The van der Waals surface area contributed by atoms with Crippen LogP contribution in [0.2, 0.25) is 5.02 Å². The fraction of sp³-hybridized carbons (Fsp3) is 0.417. The third kappa shape index (κ3) is 3.91. The second-order valence-electron chi connectivity index (χ2n) is 3.57. The minimum Gasteiger partial charge on any atom is -0.335 e. The van der Waals surface area contributed by atoms with Crippen LogP contribution in [0, 0.1) is 0 Å². The zero-order valence-electron chi connectivity index (χ0n) is 9.08. The number of hydrogen-bond acceptors (Lipinski definition) is 2. The average molecular weight is 245 g/mol. The normalized spacial score (nSPS) is 14.4. The molecule has 0 saturated heterocycles. The van der Waals surface area contributed by atoms with Crippen LogP contribution in [0.15, 0.2) is 24.3 Å². The number of hydrogen-bond donors (Lipinski definition) is 0. The summed E-state index contributed by atoms with van der Waals surface area (Å²) in [5.74, 6) is -2.17. The van der Waals surface area contributed by atoms with E-state index in [0.29, 0.717) is 11.4 Å². The molecule has 0 bridgehead atoms. The molecule has 0 amide bonds. The quantitative estimate of drug-likeness (QED) is 0.716. The molecule has 16 heavy (non-hydrogen) atoms. The Labute approximate surface area is 99.4 Å². The molecule has 1 atom stereocenters. The standard InChI is InChI=1S/C12H14ClFO2/c1-2-7-12(14,9-15)16-8-10-3-5-11(13)6-4-10/h3-6,9H,2,7-8H2,1H3. The maximum Gasteiger partial charge on any atom is 0.265 e. The molecule has 0 saturated carbocycles. The largest absolute Gasteiger partial charge is 0.335 e. The minimum atomic E-state index is -2.17. The average Bonchev–Trinajstić information content (AvgIpc) is 2.29. The van der Waals surface area contributed by atoms with E-state index in [9.17, 15) is 9.18 Å². The van der Waals surface area contributed by atoms with Gasteiger partial charge in [0.2, 0.25) is 0 Å². The Morgan fingerprint density at radius 2 is 2.06 bits per heavy atom. The molecule has 0 radical (unpaired) electrons. The molecule has 1 unspecified atom stereocenters. The van der Waals surface area contributed by atoms with Crippen LogP contribution < -0.4 is 0 Å². The van der Waals surface area contributed by atoms with Crippen LogP contribution >= 0.6 is 11.6 Å².